The van der Waals surface area contributed by atoms with Gasteiger partial charge < -0.3 is 15.3 Å². The molecule has 1 aliphatic rings. The third kappa shape index (κ3) is 2.22. The summed E-state index contributed by atoms with van der Waals surface area (Å²) in [6, 6.07) is -0.158. The van der Waals surface area contributed by atoms with E-state index >= 15 is 0 Å². The molecule has 5 heteroatoms. The quantitative estimate of drug-likeness (QED) is 0.733. The van der Waals surface area contributed by atoms with Crippen molar-refractivity contribution in [3.05, 3.63) is 0 Å². The number of carbonyl (C=O) groups is 2. The smallest absolute Gasteiger partial charge is 0.317 e. The number of hydrogen-bond donors (Lipinski definition) is 2. The Kier molecular flexibility index (Phi) is 3.55. The van der Waals surface area contributed by atoms with E-state index in [2.05, 4.69) is 5.32 Å². The van der Waals surface area contributed by atoms with E-state index in [0.29, 0.717) is 32.5 Å². The Morgan fingerprint density at radius 2 is 2.13 bits per heavy atom. The summed E-state index contributed by atoms with van der Waals surface area (Å²) in [6.45, 7) is 5.13. The number of likely N-dealkylation sites (tertiary alicyclic amines) is 1. The van der Waals surface area contributed by atoms with Gasteiger partial charge in [0.15, 0.2) is 0 Å². The summed E-state index contributed by atoms with van der Waals surface area (Å²) in [4.78, 5) is 24.2. The highest BCUT2D eigenvalue weighted by Gasteiger charge is 2.44. The van der Waals surface area contributed by atoms with Crippen molar-refractivity contribution in [2.75, 3.05) is 19.6 Å². The molecule has 1 atom stereocenters. The van der Waals surface area contributed by atoms with Crippen LogP contribution in [0.5, 0.6) is 0 Å². The number of nitrogens with zero attached hydrogens (tertiary/aromatic N) is 1. The van der Waals surface area contributed by atoms with Crippen molar-refractivity contribution in [1.29, 1.82) is 0 Å². The number of urea groups is 1. The summed E-state index contributed by atoms with van der Waals surface area (Å²) >= 11 is 0. The van der Waals surface area contributed by atoms with Crippen molar-refractivity contribution >= 4 is 12.0 Å². The van der Waals surface area contributed by atoms with Gasteiger partial charge in [-0.05, 0) is 19.8 Å². The lowest BCUT2D eigenvalue weighted by molar-refractivity contribution is -0.148. The van der Waals surface area contributed by atoms with E-state index in [1.165, 1.54) is 0 Å². The Morgan fingerprint density at radius 1 is 1.47 bits per heavy atom. The first-order valence-electron chi connectivity index (χ1n) is 5.32. The van der Waals surface area contributed by atoms with Crippen molar-refractivity contribution in [1.82, 2.24) is 10.2 Å². The fraction of sp³-hybridized carbons (Fsp3) is 0.800. The van der Waals surface area contributed by atoms with Gasteiger partial charge in [0.2, 0.25) is 0 Å². The molecule has 5 nitrogen and oxygen atoms in total. The summed E-state index contributed by atoms with van der Waals surface area (Å²) in [5, 5.41) is 11.8. The Hall–Kier alpha value is -1.26. The molecule has 0 bridgehead atoms. The second kappa shape index (κ2) is 4.51. The molecule has 1 unspecified atom stereocenters. The number of nitrogens with one attached hydrogen (secondary N) is 1. The highest BCUT2D eigenvalue weighted by molar-refractivity contribution is 5.79. The predicted molar refractivity (Wildman–Crippen MR) is 55.6 cm³/mol. The van der Waals surface area contributed by atoms with Gasteiger partial charge in [-0.3, -0.25) is 4.79 Å². The number of aliphatic carboxylic acids is 1. The number of carboxylic acids is 1. The first kappa shape index (κ1) is 11.8. The average molecular weight is 214 g/mol. The maximum atomic E-state index is 11.5. The summed E-state index contributed by atoms with van der Waals surface area (Å²) in [7, 11) is 0. The lowest BCUT2D eigenvalue weighted by Gasteiger charge is -2.23. The standard InChI is InChI=1S/C10H18N2O3/c1-3-10(8(13)14)5-6-12(7-10)9(15)11-4-2/h3-7H2,1-2H3,(H,11,15)(H,13,14). The molecule has 1 aliphatic heterocycles. The van der Waals surface area contributed by atoms with Crippen LogP contribution >= 0.6 is 0 Å². The van der Waals surface area contributed by atoms with Gasteiger partial charge in [-0.25, -0.2) is 4.79 Å². The zero-order valence-electron chi connectivity index (χ0n) is 9.25. The molecular formula is C10H18N2O3. The third-order valence-electron chi connectivity index (χ3n) is 3.10. The van der Waals surface area contributed by atoms with E-state index in [1.807, 2.05) is 13.8 Å². The average Bonchev–Trinajstić information content (AvgIpc) is 2.63. The molecule has 1 rings (SSSR count). The molecule has 86 valence electrons. The first-order chi connectivity index (χ1) is 7.05. The summed E-state index contributed by atoms with van der Waals surface area (Å²) in [5.74, 6) is -0.795. The zero-order chi connectivity index (χ0) is 11.5. The largest absolute Gasteiger partial charge is 0.481 e. The van der Waals surface area contributed by atoms with Crippen LogP contribution < -0.4 is 5.32 Å². The van der Waals surface area contributed by atoms with E-state index in [-0.39, 0.29) is 6.03 Å². The lowest BCUT2D eigenvalue weighted by atomic mass is 9.84. The van der Waals surface area contributed by atoms with Gasteiger partial charge in [0.05, 0.1) is 5.41 Å². The first-order valence-corrected chi connectivity index (χ1v) is 5.32. The van der Waals surface area contributed by atoms with Crippen molar-refractivity contribution in [3.8, 4) is 0 Å². The predicted octanol–water partition coefficient (Wildman–Crippen LogP) is 0.903. The molecule has 0 aromatic rings. The molecule has 2 amide bonds. The van der Waals surface area contributed by atoms with Crippen LogP contribution in [0.2, 0.25) is 0 Å². The van der Waals surface area contributed by atoms with Gasteiger partial charge in [-0.15, -0.1) is 0 Å². The van der Waals surface area contributed by atoms with E-state index in [4.69, 9.17) is 5.11 Å². The number of carbonyl (C=O) groups excluding carboxylic acids is 1. The lowest BCUT2D eigenvalue weighted by Crippen LogP contribution is -2.41. The minimum atomic E-state index is -0.795. The van der Waals surface area contributed by atoms with Crippen molar-refractivity contribution < 1.29 is 14.7 Å². The monoisotopic (exact) mass is 214 g/mol. The second-order valence-corrected chi connectivity index (χ2v) is 3.95. The van der Waals surface area contributed by atoms with Gasteiger partial charge in [-0.2, -0.15) is 0 Å². The number of carboxylic acid groups (broad SMARTS) is 1. The minimum Gasteiger partial charge on any atom is -0.481 e. The molecule has 0 aromatic carbocycles. The molecule has 0 aromatic heterocycles. The summed E-state index contributed by atoms with van der Waals surface area (Å²) in [5.41, 5.74) is -0.731. The van der Waals surface area contributed by atoms with Gasteiger partial charge >= 0.3 is 12.0 Å². The fourth-order valence-electron chi connectivity index (χ4n) is 1.92. The molecule has 0 radical (unpaired) electrons. The second-order valence-electron chi connectivity index (χ2n) is 3.95. The molecule has 1 heterocycles. The maximum absolute atomic E-state index is 11.5. The van der Waals surface area contributed by atoms with Crippen molar-refractivity contribution in [3.63, 3.8) is 0 Å². The van der Waals surface area contributed by atoms with Crippen LogP contribution in [0.25, 0.3) is 0 Å². The molecule has 1 saturated heterocycles. The molecule has 1 fully saturated rings. The maximum Gasteiger partial charge on any atom is 0.317 e. The topological polar surface area (TPSA) is 69.6 Å². The fourth-order valence-corrected chi connectivity index (χ4v) is 1.92. The highest BCUT2D eigenvalue weighted by atomic mass is 16.4. The van der Waals surface area contributed by atoms with Crippen LogP contribution in [0.4, 0.5) is 4.79 Å². The third-order valence-corrected chi connectivity index (χ3v) is 3.10. The van der Waals surface area contributed by atoms with E-state index < -0.39 is 11.4 Å². The zero-order valence-corrected chi connectivity index (χ0v) is 9.25. The van der Waals surface area contributed by atoms with E-state index in [9.17, 15) is 9.59 Å². The Labute approximate surface area is 89.4 Å². The van der Waals surface area contributed by atoms with Crippen LogP contribution in [0.1, 0.15) is 26.7 Å². The Bertz CT molecular complexity index is 267. The Balaban J connectivity index is 2.64. The normalized spacial score (nSPS) is 25.3. The van der Waals surface area contributed by atoms with Gasteiger partial charge in [-0.1, -0.05) is 6.92 Å². The highest BCUT2D eigenvalue weighted by Crippen LogP contribution is 2.33. The van der Waals surface area contributed by atoms with Gasteiger partial charge in [0.1, 0.15) is 0 Å². The van der Waals surface area contributed by atoms with Gasteiger partial charge in [0, 0.05) is 19.6 Å². The van der Waals surface area contributed by atoms with Crippen LogP contribution in [-0.2, 0) is 4.79 Å². The number of hydrogen-bond acceptors (Lipinski definition) is 2. The van der Waals surface area contributed by atoms with Crippen LogP contribution in [0, 0.1) is 5.41 Å². The van der Waals surface area contributed by atoms with Crippen molar-refractivity contribution in [2.45, 2.75) is 26.7 Å². The van der Waals surface area contributed by atoms with Crippen LogP contribution in [0.15, 0.2) is 0 Å². The summed E-state index contributed by atoms with van der Waals surface area (Å²) < 4.78 is 0. The molecule has 0 aliphatic carbocycles. The van der Waals surface area contributed by atoms with E-state index in [1.54, 1.807) is 4.90 Å². The van der Waals surface area contributed by atoms with Crippen LogP contribution in [-0.4, -0.2) is 41.6 Å². The molecular weight excluding hydrogens is 196 g/mol. The minimum absolute atomic E-state index is 0.158. The SMILES string of the molecule is CCNC(=O)N1CCC(CC)(C(=O)O)C1. The molecule has 15 heavy (non-hydrogen) atoms. The van der Waals surface area contributed by atoms with E-state index in [0.717, 1.165) is 0 Å². The van der Waals surface area contributed by atoms with Crippen molar-refractivity contribution in [2.24, 2.45) is 5.41 Å². The molecule has 2 N–H and O–H groups in total. The van der Waals surface area contributed by atoms with Gasteiger partial charge in [0.25, 0.3) is 0 Å². The van der Waals surface area contributed by atoms with Crippen LogP contribution in [0.3, 0.4) is 0 Å². The number of amides is 2. The number of rotatable bonds is 3. The molecule has 0 saturated carbocycles. The summed E-state index contributed by atoms with van der Waals surface area (Å²) in [6.07, 6.45) is 1.12. The Morgan fingerprint density at radius 3 is 2.53 bits per heavy atom. The molecule has 0 spiro atoms.